The minimum Gasteiger partial charge on any atom is -0.348 e. The number of carbonyl (C=O) groups excluding carboxylic acids is 1. The number of quaternary nitrogens is 1. The number of para-hydroxylation sites is 1. The second kappa shape index (κ2) is 5.47. The Bertz CT molecular complexity index is 535. The van der Waals surface area contributed by atoms with Crippen LogP contribution >= 0.6 is 0 Å². The van der Waals surface area contributed by atoms with Gasteiger partial charge in [-0.3, -0.25) is 4.79 Å². The standard InChI is InChI=1S/C15H16N2O/c1-11(16)15(18)17-14-10-6-5-9-13(14)12-7-3-2-4-8-12/h2-11H,16H2,1H3,(H,17,18)/p+1. The fourth-order valence-corrected chi connectivity index (χ4v) is 1.72. The summed E-state index contributed by atoms with van der Waals surface area (Å²) in [6.07, 6.45) is 0. The zero-order chi connectivity index (χ0) is 13.0. The summed E-state index contributed by atoms with van der Waals surface area (Å²) in [6, 6.07) is 17.5. The van der Waals surface area contributed by atoms with Crippen molar-refractivity contribution in [3.8, 4) is 11.1 Å². The van der Waals surface area contributed by atoms with Crippen molar-refractivity contribution in [2.45, 2.75) is 13.0 Å². The highest BCUT2D eigenvalue weighted by molar-refractivity contribution is 5.97. The molecule has 0 saturated heterocycles. The van der Waals surface area contributed by atoms with Crippen molar-refractivity contribution >= 4 is 11.6 Å². The Labute approximate surface area is 107 Å². The van der Waals surface area contributed by atoms with Gasteiger partial charge in [0.15, 0.2) is 6.04 Å². The minimum absolute atomic E-state index is 0.0709. The van der Waals surface area contributed by atoms with E-state index in [1.165, 1.54) is 0 Å². The Morgan fingerprint density at radius 3 is 2.33 bits per heavy atom. The lowest BCUT2D eigenvalue weighted by Gasteiger charge is -2.11. The van der Waals surface area contributed by atoms with Crippen LogP contribution in [-0.4, -0.2) is 11.9 Å². The van der Waals surface area contributed by atoms with Crippen LogP contribution in [-0.2, 0) is 4.79 Å². The molecule has 0 aliphatic heterocycles. The normalized spacial score (nSPS) is 11.9. The Morgan fingerprint density at radius 2 is 1.67 bits per heavy atom. The molecule has 0 aliphatic carbocycles. The van der Waals surface area contributed by atoms with Crippen molar-refractivity contribution in [2.24, 2.45) is 0 Å². The number of hydrogen-bond acceptors (Lipinski definition) is 1. The van der Waals surface area contributed by atoms with Crippen LogP contribution in [0.15, 0.2) is 54.6 Å². The van der Waals surface area contributed by atoms with E-state index in [1.54, 1.807) is 6.92 Å². The molecule has 0 aromatic heterocycles. The number of carbonyl (C=O) groups is 1. The molecule has 2 aromatic rings. The number of benzene rings is 2. The molecular formula is C15H17N2O+. The predicted octanol–water partition coefficient (Wildman–Crippen LogP) is 1.92. The average Bonchev–Trinajstić information content (AvgIpc) is 2.40. The molecule has 0 fully saturated rings. The molecule has 0 spiro atoms. The van der Waals surface area contributed by atoms with Gasteiger partial charge in [0.05, 0.1) is 0 Å². The van der Waals surface area contributed by atoms with E-state index < -0.39 is 0 Å². The van der Waals surface area contributed by atoms with E-state index in [2.05, 4.69) is 11.1 Å². The topological polar surface area (TPSA) is 56.7 Å². The third kappa shape index (κ3) is 2.76. The summed E-state index contributed by atoms with van der Waals surface area (Å²) < 4.78 is 0. The lowest BCUT2D eigenvalue weighted by atomic mass is 10.0. The summed E-state index contributed by atoms with van der Waals surface area (Å²) in [4.78, 5) is 11.7. The predicted molar refractivity (Wildman–Crippen MR) is 72.9 cm³/mol. The first-order chi connectivity index (χ1) is 8.68. The largest absolute Gasteiger partial charge is 0.348 e. The van der Waals surface area contributed by atoms with Crippen molar-refractivity contribution < 1.29 is 10.5 Å². The first kappa shape index (κ1) is 12.3. The van der Waals surface area contributed by atoms with Crippen molar-refractivity contribution in [3.05, 3.63) is 54.6 Å². The SMILES string of the molecule is CC([NH3+])C(=O)Nc1ccccc1-c1ccccc1. The van der Waals surface area contributed by atoms with Crippen LogP contribution < -0.4 is 11.1 Å². The molecule has 92 valence electrons. The Morgan fingerprint density at radius 1 is 1.06 bits per heavy atom. The fraction of sp³-hybridized carbons (Fsp3) is 0.133. The third-order valence-corrected chi connectivity index (χ3v) is 2.72. The van der Waals surface area contributed by atoms with Crippen molar-refractivity contribution in [3.63, 3.8) is 0 Å². The maximum absolute atomic E-state index is 11.7. The van der Waals surface area contributed by atoms with Gasteiger partial charge < -0.3 is 11.1 Å². The van der Waals surface area contributed by atoms with E-state index in [4.69, 9.17) is 0 Å². The molecule has 1 atom stereocenters. The highest BCUT2D eigenvalue weighted by Gasteiger charge is 2.13. The van der Waals surface area contributed by atoms with Crippen LogP contribution in [0.25, 0.3) is 11.1 Å². The Kier molecular flexibility index (Phi) is 3.75. The highest BCUT2D eigenvalue weighted by atomic mass is 16.2. The van der Waals surface area contributed by atoms with Crippen LogP contribution in [0.2, 0.25) is 0 Å². The van der Waals surface area contributed by atoms with Crippen molar-refractivity contribution in [2.75, 3.05) is 5.32 Å². The number of rotatable bonds is 3. The number of nitrogens with one attached hydrogen (secondary N) is 1. The first-order valence-corrected chi connectivity index (χ1v) is 5.97. The summed E-state index contributed by atoms with van der Waals surface area (Å²) >= 11 is 0. The van der Waals surface area contributed by atoms with Crippen molar-refractivity contribution in [1.29, 1.82) is 0 Å². The molecule has 0 saturated carbocycles. The third-order valence-electron chi connectivity index (χ3n) is 2.72. The maximum Gasteiger partial charge on any atom is 0.282 e. The van der Waals surface area contributed by atoms with E-state index in [1.807, 2.05) is 54.6 Å². The Balaban J connectivity index is 2.35. The molecule has 1 amide bonds. The van der Waals surface area contributed by atoms with Gasteiger partial charge in [-0.15, -0.1) is 0 Å². The zero-order valence-corrected chi connectivity index (χ0v) is 10.4. The van der Waals surface area contributed by atoms with Crippen LogP contribution in [0.5, 0.6) is 0 Å². The minimum atomic E-state index is -0.270. The second-order valence-electron chi connectivity index (χ2n) is 4.30. The molecule has 0 radical (unpaired) electrons. The zero-order valence-electron chi connectivity index (χ0n) is 10.4. The summed E-state index contributed by atoms with van der Waals surface area (Å²) in [6.45, 7) is 1.78. The molecule has 3 heteroatoms. The molecule has 0 aliphatic rings. The van der Waals surface area contributed by atoms with Crippen LogP contribution in [0, 0.1) is 0 Å². The van der Waals surface area contributed by atoms with Gasteiger partial charge in [0, 0.05) is 11.3 Å². The van der Waals surface area contributed by atoms with Gasteiger partial charge in [-0.2, -0.15) is 0 Å². The van der Waals surface area contributed by atoms with Gasteiger partial charge in [0.25, 0.3) is 5.91 Å². The molecular weight excluding hydrogens is 224 g/mol. The fourth-order valence-electron chi connectivity index (χ4n) is 1.72. The number of amides is 1. The second-order valence-corrected chi connectivity index (χ2v) is 4.30. The Hall–Kier alpha value is -2.13. The van der Waals surface area contributed by atoms with E-state index in [0.717, 1.165) is 16.8 Å². The molecule has 18 heavy (non-hydrogen) atoms. The van der Waals surface area contributed by atoms with Crippen molar-refractivity contribution in [1.82, 2.24) is 0 Å². The maximum atomic E-state index is 11.7. The molecule has 0 heterocycles. The number of hydrogen-bond donors (Lipinski definition) is 2. The van der Waals surface area contributed by atoms with Gasteiger partial charge in [-0.25, -0.2) is 0 Å². The van der Waals surface area contributed by atoms with Gasteiger partial charge in [-0.1, -0.05) is 48.5 Å². The molecule has 2 aromatic carbocycles. The lowest BCUT2D eigenvalue weighted by molar-refractivity contribution is -0.396. The first-order valence-electron chi connectivity index (χ1n) is 5.97. The quantitative estimate of drug-likeness (QED) is 0.847. The summed E-state index contributed by atoms with van der Waals surface area (Å²) in [7, 11) is 0. The van der Waals surface area contributed by atoms with Gasteiger partial charge in [0.1, 0.15) is 0 Å². The molecule has 2 rings (SSSR count). The summed E-state index contributed by atoms with van der Waals surface area (Å²) in [5.41, 5.74) is 6.66. The van der Waals surface area contributed by atoms with E-state index in [0.29, 0.717) is 0 Å². The van der Waals surface area contributed by atoms with E-state index >= 15 is 0 Å². The highest BCUT2D eigenvalue weighted by Crippen LogP contribution is 2.27. The summed E-state index contributed by atoms with van der Waals surface area (Å²) in [5, 5.41) is 2.91. The van der Waals surface area contributed by atoms with Gasteiger partial charge in [0.2, 0.25) is 0 Å². The van der Waals surface area contributed by atoms with Gasteiger partial charge >= 0.3 is 0 Å². The molecule has 1 unspecified atom stereocenters. The van der Waals surface area contributed by atoms with Crippen LogP contribution in [0.3, 0.4) is 0 Å². The molecule has 0 bridgehead atoms. The number of anilines is 1. The average molecular weight is 241 g/mol. The van der Waals surface area contributed by atoms with Crippen LogP contribution in [0.4, 0.5) is 5.69 Å². The lowest BCUT2D eigenvalue weighted by Crippen LogP contribution is -2.64. The summed E-state index contributed by atoms with van der Waals surface area (Å²) in [5.74, 6) is -0.0709. The van der Waals surface area contributed by atoms with E-state index in [9.17, 15) is 4.79 Å². The van der Waals surface area contributed by atoms with Crippen LogP contribution in [0.1, 0.15) is 6.92 Å². The van der Waals surface area contributed by atoms with E-state index in [-0.39, 0.29) is 11.9 Å². The smallest absolute Gasteiger partial charge is 0.282 e. The van der Waals surface area contributed by atoms with Gasteiger partial charge in [-0.05, 0) is 18.6 Å². The monoisotopic (exact) mass is 241 g/mol. The molecule has 3 nitrogen and oxygen atoms in total. The molecule has 4 N–H and O–H groups in total.